The summed E-state index contributed by atoms with van der Waals surface area (Å²) in [6.07, 6.45) is 1.23. The highest BCUT2D eigenvalue weighted by Crippen LogP contribution is 2.26. The molecule has 3 rings (SSSR count). The number of H-pyrrole nitrogens is 1. The minimum absolute atomic E-state index is 0.000969. The summed E-state index contributed by atoms with van der Waals surface area (Å²) in [5.74, 6) is 3.20. The first kappa shape index (κ1) is 14.1. The Morgan fingerprint density at radius 2 is 2.25 bits per heavy atom. The highest BCUT2D eigenvalue weighted by atomic mass is 32.2. The Labute approximate surface area is 126 Å². The number of aromatic nitrogens is 2. The van der Waals surface area contributed by atoms with E-state index >= 15 is 0 Å². The standard InChI is InChI=1S/C14H19N3OS2/c1-8-9(2)20-14-12(8)13(18)15-11(16-14)6-17(3)10-4-5-19-7-10/h10H,4-7H2,1-3H3,(H,15,16,18). The van der Waals surface area contributed by atoms with Crippen LogP contribution in [-0.2, 0) is 6.54 Å². The summed E-state index contributed by atoms with van der Waals surface area (Å²) in [7, 11) is 2.12. The van der Waals surface area contributed by atoms with Gasteiger partial charge in [0.25, 0.3) is 5.56 Å². The maximum Gasteiger partial charge on any atom is 0.259 e. The lowest BCUT2D eigenvalue weighted by atomic mass is 10.2. The zero-order chi connectivity index (χ0) is 14.3. The Hall–Kier alpha value is -0.850. The molecule has 4 nitrogen and oxygen atoms in total. The number of aromatic amines is 1. The molecule has 2 aromatic heterocycles. The van der Waals surface area contributed by atoms with E-state index in [2.05, 4.69) is 21.9 Å². The van der Waals surface area contributed by atoms with Crippen LogP contribution in [0.15, 0.2) is 4.79 Å². The first-order chi connectivity index (χ1) is 9.56. The number of nitrogens with one attached hydrogen (secondary N) is 1. The first-order valence-electron chi connectivity index (χ1n) is 6.83. The monoisotopic (exact) mass is 309 g/mol. The molecule has 1 saturated heterocycles. The minimum Gasteiger partial charge on any atom is -0.309 e. The number of aryl methyl sites for hydroxylation is 2. The Morgan fingerprint density at radius 1 is 1.45 bits per heavy atom. The Morgan fingerprint density at radius 3 is 2.95 bits per heavy atom. The van der Waals surface area contributed by atoms with E-state index in [0.29, 0.717) is 12.6 Å². The molecule has 6 heteroatoms. The van der Waals surface area contributed by atoms with Crippen LogP contribution in [-0.4, -0.2) is 39.5 Å². The van der Waals surface area contributed by atoms with Crippen molar-refractivity contribution >= 4 is 33.3 Å². The fraction of sp³-hybridized carbons (Fsp3) is 0.571. The van der Waals surface area contributed by atoms with Crippen LogP contribution in [0.25, 0.3) is 10.2 Å². The van der Waals surface area contributed by atoms with Crippen molar-refractivity contribution in [2.45, 2.75) is 32.9 Å². The van der Waals surface area contributed by atoms with Gasteiger partial charge in [0.1, 0.15) is 10.7 Å². The Balaban J connectivity index is 1.90. The fourth-order valence-corrected chi connectivity index (χ4v) is 4.96. The lowest BCUT2D eigenvalue weighted by Crippen LogP contribution is -2.32. The number of hydrogen-bond acceptors (Lipinski definition) is 5. The summed E-state index contributed by atoms with van der Waals surface area (Å²) >= 11 is 3.61. The molecule has 0 radical (unpaired) electrons. The number of thioether (sulfide) groups is 1. The number of fused-ring (bicyclic) bond motifs is 1. The topological polar surface area (TPSA) is 49.0 Å². The van der Waals surface area contributed by atoms with E-state index in [1.165, 1.54) is 22.8 Å². The molecule has 108 valence electrons. The number of hydrogen-bond donors (Lipinski definition) is 1. The van der Waals surface area contributed by atoms with Gasteiger partial charge in [-0.05, 0) is 38.6 Å². The minimum atomic E-state index is 0.000969. The van der Waals surface area contributed by atoms with Gasteiger partial charge < -0.3 is 4.98 Å². The number of thiophene rings is 1. The summed E-state index contributed by atoms with van der Waals surface area (Å²) in [5.41, 5.74) is 1.06. The second-order valence-electron chi connectivity index (χ2n) is 5.41. The lowest BCUT2D eigenvalue weighted by molar-refractivity contribution is 0.248. The van der Waals surface area contributed by atoms with E-state index in [0.717, 1.165) is 21.6 Å². The molecule has 1 aliphatic heterocycles. The highest BCUT2D eigenvalue weighted by molar-refractivity contribution is 7.99. The molecule has 2 aromatic rings. The average molecular weight is 309 g/mol. The maximum absolute atomic E-state index is 12.2. The predicted octanol–water partition coefficient (Wildman–Crippen LogP) is 2.54. The molecule has 0 aromatic carbocycles. The largest absolute Gasteiger partial charge is 0.309 e. The van der Waals surface area contributed by atoms with Gasteiger partial charge in [0.15, 0.2) is 0 Å². The summed E-state index contributed by atoms with van der Waals surface area (Å²) < 4.78 is 0. The van der Waals surface area contributed by atoms with E-state index in [-0.39, 0.29) is 5.56 Å². The summed E-state index contributed by atoms with van der Waals surface area (Å²) in [4.78, 5) is 24.2. The van der Waals surface area contributed by atoms with Crippen LogP contribution in [0.5, 0.6) is 0 Å². The van der Waals surface area contributed by atoms with Crippen LogP contribution in [0.4, 0.5) is 0 Å². The highest BCUT2D eigenvalue weighted by Gasteiger charge is 2.21. The molecule has 1 N–H and O–H groups in total. The molecule has 3 heterocycles. The molecule has 0 bridgehead atoms. The lowest BCUT2D eigenvalue weighted by Gasteiger charge is -2.22. The molecule has 1 atom stereocenters. The normalized spacial score (nSPS) is 19.3. The zero-order valence-electron chi connectivity index (χ0n) is 12.0. The maximum atomic E-state index is 12.2. The zero-order valence-corrected chi connectivity index (χ0v) is 13.7. The molecule has 0 spiro atoms. The van der Waals surface area contributed by atoms with Gasteiger partial charge in [-0.15, -0.1) is 11.3 Å². The second-order valence-corrected chi connectivity index (χ2v) is 7.76. The summed E-state index contributed by atoms with van der Waals surface area (Å²) in [5, 5.41) is 0.760. The smallest absolute Gasteiger partial charge is 0.259 e. The van der Waals surface area contributed by atoms with Crippen molar-refractivity contribution in [1.29, 1.82) is 0 Å². The first-order valence-corrected chi connectivity index (χ1v) is 8.80. The van der Waals surface area contributed by atoms with Crippen LogP contribution in [0.3, 0.4) is 0 Å². The molecular weight excluding hydrogens is 290 g/mol. The quantitative estimate of drug-likeness (QED) is 0.946. The second kappa shape index (κ2) is 5.50. The molecule has 0 amide bonds. The van der Waals surface area contributed by atoms with Gasteiger partial charge in [-0.3, -0.25) is 9.69 Å². The van der Waals surface area contributed by atoms with E-state index < -0.39 is 0 Å². The van der Waals surface area contributed by atoms with Crippen LogP contribution in [0.1, 0.15) is 22.7 Å². The van der Waals surface area contributed by atoms with Crippen molar-refractivity contribution in [2.24, 2.45) is 0 Å². The van der Waals surface area contributed by atoms with Gasteiger partial charge in [0, 0.05) is 16.7 Å². The Bertz CT molecular complexity index is 686. The molecular formula is C14H19N3OS2. The van der Waals surface area contributed by atoms with Gasteiger partial charge >= 0.3 is 0 Å². The number of rotatable bonds is 3. The summed E-state index contributed by atoms with van der Waals surface area (Å²) in [6.45, 7) is 4.75. The molecule has 1 fully saturated rings. The Kier molecular flexibility index (Phi) is 3.88. The van der Waals surface area contributed by atoms with Crippen molar-refractivity contribution in [2.75, 3.05) is 18.6 Å². The molecule has 1 aliphatic rings. The van der Waals surface area contributed by atoms with E-state index in [1.807, 2.05) is 25.6 Å². The average Bonchev–Trinajstić information content (AvgIpc) is 2.99. The molecule has 20 heavy (non-hydrogen) atoms. The van der Waals surface area contributed by atoms with Gasteiger partial charge in [0.05, 0.1) is 11.9 Å². The van der Waals surface area contributed by atoms with Crippen molar-refractivity contribution in [3.63, 3.8) is 0 Å². The van der Waals surface area contributed by atoms with Gasteiger partial charge in [0.2, 0.25) is 0 Å². The molecule has 0 aliphatic carbocycles. The van der Waals surface area contributed by atoms with Crippen molar-refractivity contribution in [3.05, 3.63) is 26.6 Å². The van der Waals surface area contributed by atoms with E-state index in [9.17, 15) is 4.79 Å². The van der Waals surface area contributed by atoms with Crippen molar-refractivity contribution in [3.8, 4) is 0 Å². The van der Waals surface area contributed by atoms with Crippen LogP contribution in [0.2, 0.25) is 0 Å². The third kappa shape index (κ3) is 2.52. The van der Waals surface area contributed by atoms with E-state index in [1.54, 1.807) is 11.3 Å². The SMILES string of the molecule is Cc1sc2nc(CN(C)C3CCSC3)[nH]c(=O)c2c1C. The van der Waals surface area contributed by atoms with Crippen LogP contribution in [0, 0.1) is 13.8 Å². The summed E-state index contributed by atoms with van der Waals surface area (Å²) in [6, 6.07) is 0.604. The van der Waals surface area contributed by atoms with Gasteiger partial charge in [-0.1, -0.05) is 0 Å². The number of nitrogens with zero attached hydrogens (tertiary/aromatic N) is 2. The fourth-order valence-electron chi connectivity index (χ4n) is 2.61. The third-order valence-corrected chi connectivity index (χ3v) is 6.26. The van der Waals surface area contributed by atoms with Crippen molar-refractivity contribution in [1.82, 2.24) is 14.9 Å². The predicted molar refractivity (Wildman–Crippen MR) is 86.9 cm³/mol. The van der Waals surface area contributed by atoms with Crippen LogP contribution >= 0.6 is 23.1 Å². The molecule has 1 unspecified atom stereocenters. The third-order valence-electron chi connectivity index (χ3n) is 4.02. The van der Waals surface area contributed by atoms with Crippen LogP contribution < -0.4 is 5.56 Å². The van der Waals surface area contributed by atoms with E-state index in [4.69, 9.17) is 0 Å². The van der Waals surface area contributed by atoms with Crippen molar-refractivity contribution < 1.29 is 0 Å². The van der Waals surface area contributed by atoms with Gasteiger partial charge in [-0.25, -0.2) is 4.98 Å². The molecule has 0 saturated carbocycles. The van der Waals surface area contributed by atoms with Gasteiger partial charge in [-0.2, -0.15) is 11.8 Å².